The highest BCUT2D eigenvalue weighted by Gasteiger charge is 2.21. The van der Waals surface area contributed by atoms with Crippen LogP contribution in [0, 0.1) is 0 Å². The topological polar surface area (TPSA) is 57.4 Å². The summed E-state index contributed by atoms with van der Waals surface area (Å²) in [5, 5.41) is 7.14. The van der Waals surface area contributed by atoms with Gasteiger partial charge in [0.1, 0.15) is 11.6 Å². The lowest BCUT2D eigenvalue weighted by Gasteiger charge is -2.12. The van der Waals surface area contributed by atoms with E-state index in [4.69, 9.17) is 9.97 Å². The largest absolute Gasteiger partial charge is 0.337 e. The molecule has 0 saturated heterocycles. The lowest BCUT2D eigenvalue weighted by atomic mass is 9.92. The number of aromatic amines is 2. The van der Waals surface area contributed by atoms with Crippen molar-refractivity contribution in [3.63, 3.8) is 0 Å². The van der Waals surface area contributed by atoms with Gasteiger partial charge in [0.05, 0.1) is 39.4 Å². The first-order valence-corrected chi connectivity index (χ1v) is 13.9. The van der Waals surface area contributed by atoms with Gasteiger partial charge in [0.2, 0.25) is 0 Å². The molecule has 162 valence electrons. The number of rotatable bonds is 2. The molecule has 8 aromatic rings. The minimum Gasteiger partial charge on any atom is -0.337 e. The molecule has 0 amide bonds. The van der Waals surface area contributed by atoms with Gasteiger partial charge < -0.3 is 9.97 Å². The van der Waals surface area contributed by atoms with Crippen molar-refractivity contribution < 1.29 is 0 Å². The monoisotopic (exact) mass is 602 g/mol. The van der Waals surface area contributed by atoms with Gasteiger partial charge in [0, 0.05) is 32.3 Å². The van der Waals surface area contributed by atoms with Gasteiger partial charge in [0.15, 0.2) is 0 Å². The second kappa shape index (κ2) is 6.88. The Balaban J connectivity index is 1.56. The number of imidazole rings is 2. The van der Waals surface area contributed by atoms with Gasteiger partial charge in [-0.15, -0.1) is 22.7 Å². The Labute approximate surface area is 217 Å². The average molecular weight is 604 g/mol. The summed E-state index contributed by atoms with van der Waals surface area (Å²) in [5.74, 6) is 1.80. The summed E-state index contributed by atoms with van der Waals surface area (Å²) in [6.45, 7) is 0. The van der Waals surface area contributed by atoms with Gasteiger partial charge in [-0.05, 0) is 56.1 Å². The quantitative estimate of drug-likeness (QED) is 0.193. The van der Waals surface area contributed by atoms with Crippen LogP contribution < -0.4 is 0 Å². The van der Waals surface area contributed by atoms with Crippen LogP contribution in [0.15, 0.2) is 68.2 Å². The van der Waals surface area contributed by atoms with Crippen molar-refractivity contribution in [2.45, 2.75) is 0 Å². The van der Waals surface area contributed by atoms with Crippen molar-refractivity contribution in [2.75, 3.05) is 0 Å². The molecule has 0 aliphatic carbocycles. The van der Waals surface area contributed by atoms with E-state index in [0.29, 0.717) is 0 Å². The Morgan fingerprint density at radius 1 is 0.559 bits per heavy atom. The third-order valence-corrected chi connectivity index (χ3v) is 9.71. The maximum atomic E-state index is 5.08. The average Bonchev–Trinajstić information content (AvgIpc) is 3.63. The molecule has 2 N–H and O–H groups in total. The second-order valence-electron chi connectivity index (χ2n) is 8.28. The Morgan fingerprint density at radius 3 is 1.44 bits per heavy atom. The smallest absolute Gasteiger partial charge is 0.148 e. The van der Waals surface area contributed by atoms with Crippen molar-refractivity contribution in [2.24, 2.45) is 0 Å². The lowest BCUT2D eigenvalue weighted by molar-refractivity contribution is 1.36. The third-order valence-electron chi connectivity index (χ3n) is 6.45. The molecular formula is C26H12Br2N4S2. The summed E-state index contributed by atoms with van der Waals surface area (Å²) in [6.07, 6.45) is 0. The summed E-state index contributed by atoms with van der Waals surface area (Å²) in [5.41, 5.74) is 4.16. The van der Waals surface area contributed by atoms with E-state index >= 15 is 0 Å². The van der Waals surface area contributed by atoms with Crippen LogP contribution in [0.1, 0.15) is 0 Å². The summed E-state index contributed by atoms with van der Waals surface area (Å²) >= 11 is 10.5. The van der Waals surface area contributed by atoms with Crippen molar-refractivity contribution in [3.8, 4) is 21.4 Å². The molecule has 0 bridgehead atoms. The Hall–Kier alpha value is -2.78. The first-order chi connectivity index (χ1) is 16.7. The molecule has 0 spiro atoms. The zero-order chi connectivity index (χ0) is 22.6. The van der Waals surface area contributed by atoms with Gasteiger partial charge in [0.25, 0.3) is 0 Å². The van der Waals surface area contributed by atoms with Crippen molar-refractivity contribution in [1.29, 1.82) is 0 Å². The zero-order valence-corrected chi connectivity index (χ0v) is 22.0. The minimum absolute atomic E-state index is 0.900. The Morgan fingerprint density at radius 2 is 1.00 bits per heavy atom. The van der Waals surface area contributed by atoms with E-state index in [1.165, 1.54) is 21.5 Å². The number of fused-ring (bicyclic) bond motifs is 6. The molecule has 0 unspecified atom stereocenters. The highest BCUT2D eigenvalue weighted by molar-refractivity contribution is 9.11. The standard InChI is InChI=1S/C26H12Br2N4S2/c27-17-9-7-15(33-17)25-29-21-11-3-1-4-12-19(11)20-13(23(21)31-25)5-2-6-14(20)24-22(12)30-26(32-24)16-8-10-18(28)34-16/h1-10H,(H,29,31)(H,30,32). The van der Waals surface area contributed by atoms with E-state index in [9.17, 15) is 0 Å². The van der Waals surface area contributed by atoms with Crippen LogP contribution in [0.25, 0.3) is 75.8 Å². The molecule has 8 heteroatoms. The number of H-pyrrole nitrogens is 2. The highest BCUT2D eigenvalue weighted by Crippen LogP contribution is 2.45. The molecule has 34 heavy (non-hydrogen) atoms. The number of aromatic nitrogens is 4. The molecule has 0 aliphatic heterocycles. The number of benzene rings is 4. The number of hydrogen-bond acceptors (Lipinski definition) is 4. The molecule has 0 aliphatic rings. The van der Waals surface area contributed by atoms with Crippen molar-refractivity contribution in [3.05, 3.63) is 68.2 Å². The van der Waals surface area contributed by atoms with Gasteiger partial charge >= 0.3 is 0 Å². The van der Waals surface area contributed by atoms with E-state index in [0.717, 1.165) is 61.8 Å². The van der Waals surface area contributed by atoms with Crippen LogP contribution >= 0.6 is 54.5 Å². The highest BCUT2D eigenvalue weighted by atomic mass is 79.9. The summed E-state index contributed by atoms with van der Waals surface area (Å²) < 4.78 is 2.19. The predicted octanol–water partition coefficient (Wildman–Crippen LogP) is 9.32. The maximum absolute atomic E-state index is 5.08. The molecule has 4 aromatic heterocycles. The molecule has 0 atom stereocenters. The third kappa shape index (κ3) is 2.57. The van der Waals surface area contributed by atoms with Gasteiger partial charge in [-0.3, -0.25) is 0 Å². The zero-order valence-electron chi connectivity index (χ0n) is 17.2. The first kappa shape index (κ1) is 19.5. The fourth-order valence-electron chi connectivity index (χ4n) is 5.10. The molecule has 4 nitrogen and oxygen atoms in total. The van der Waals surface area contributed by atoms with E-state index in [1.54, 1.807) is 22.7 Å². The van der Waals surface area contributed by atoms with E-state index < -0.39 is 0 Å². The van der Waals surface area contributed by atoms with Gasteiger partial charge in [-0.25, -0.2) is 9.97 Å². The lowest BCUT2D eigenvalue weighted by Crippen LogP contribution is -1.88. The molecule has 0 saturated carbocycles. The summed E-state index contributed by atoms with van der Waals surface area (Å²) in [6, 6.07) is 21.3. The molecular weight excluding hydrogens is 592 g/mol. The Bertz CT molecular complexity index is 1820. The molecule has 0 fully saturated rings. The molecule has 4 aromatic carbocycles. The predicted molar refractivity (Wildman–Crippen MR) is 151 cm³/mol. The van der Waals surface area contributed by atoms with Crippen LogP contribution in [0.2, 0.25) is 0 Å². The van der Waals surface area contributed by atoms with Gasteiger partial charge in [-0.1, -0.05) is 36.4 Å². The van der Waals surface area contributed by atoms with E-state index in [1.807, 2.05) is 0 Å². The SMILES string of the molecule is Brc1ccc(-c2nc3c4cccc5c6nc(-c7ccc(Br)s7)[nH]c6c6cccc(c3[nH]2)c6c45)s1. The van der Waals surface area contributed by atoms with E-state index in [2.05, 4.69) is 102 Å². The minimum atomic E-state index is 0.900. The first-order valence-electron chi connectivity index (χ1n) is 10.6. The number of hydrogen-bond donors (Lipinski definition) is 2. The number of nitrogens with zero attached hydrogens (tertiary/aromatic N) is 2. The van der Waals surface area contributed by atoms with Crippen LogP contribution in [0.5, 0.6) is 0 Å². The fraction of sp³-hybridized carbons (Fsp3) is 0. The number of halogens is 2. The normalized spacial score (nSPS) is 12.4. The number of thiophene rings is 2. The number of nitrogens with one attached hydrogen (secondary N) is 2. The summed E-state index contributed by atoms with van der Waals surface area (Å²) in [7, 11) is 0. The maximum Gasteiger partial charge on any atom is 0.148 e. The summed E-state index contributed by atoms with van der Waals surface area (Å²) in [4.78, 5) is 19.7. The van der Waals surface area contributed by atoms with E-state index in [-0.39, 0.29) is 0 Å². The molecule has 0 radical (unpaired) electrons. The van der Waals surface area contributed by atoms with Crippen LogP contribution in [0.3, 0.4) is 0 Å². The van der Waals surface area contributed by atoms with Crippen molar-refractivity contribution >= 4 is 109 Å². The van der Waals surface area contributed by atoms with Crippen LogP contribution in [0.4, 0.5) is 0 Å². The van der Waals surface area contributed by atoms with Gasteiger partial charge in [-0.2, -0.15) is 0 Å². The molecule has 8 rings (SSSR count). The second-order valence-corrected chi connectivity index (χ2v) is 13.2. The fourth-order valence-corrected chi connectivity index (χ4v) is 7.76. The molecule has 4 heterocycles. The van der Waals surface area contributed by atoms with Crippen molar-refractivity contribution in [1.82, 2.24) is 19.9 Å². The Kier molecular flexibility index (Phi) is 3.95. The van der Waals surface area contributed by atoms with Crippen LogP contribution in [-0.2, 0) is 0 Å². The van der Waals surface area contributed by atoms with Crippen LogP contribution in [-0.4, -0.2) is 19.9 Å².